The first-order valence-corrected chi connectivity index (χ1v) is 8.68. The van der Waals surface area contributed by atoms with Gasteiger partial charge in [-0.25, -0.2) is 0 Å². The van der Waals surface area contributed by atoms with Crippen LogP contribution in [0, 0.1) is 0 Å². The smallest absolute Gasteiger partial charge is 0.0235 e. The van der Waals surface area contributed by atoms with Gasteiger partial charge in [-0.05, 0) is 56.2 Å². The maximum atomic E-state index is 2.33. The van der Waals surface area contributed by atoms with E-state index in [0.717, 1.165) is 12.3 Å². The lowest BCUT2D eigenvalue weighted by Crippen LogP contribution is -2.14. The Labute approximate surface area is 132 Å². The van der Waals surface area contributed by atoms with Gasteiger partial charge in [-0.1, -0.05) is 42.5 Å². The highest BCUT2D eigenvalue weighted by Gasteiger charge is 2.23. The van der Waals surface area contributed by atoms with Crippen molar-refractivity contribution >= 4 is 11.8 Å². The minimum Gasteiger partial charge on any atom is -0.309 e. The van der Waals surface area contributed by atoms with Gasteiger partial charge in [0.1, 0.15) is 0 Å². The maximum absolute atomic E-state index is 2.33. The molecule has 0 amide bonds. The summed E-state index contributed by atoms with van der Waals surface area (Å²) in [6.45, 7) is 1.16. The van der Waals surface area contributed by atoms with Crippen molar-refractivity contribution in [2.45, 2.75) is 29.4 Å². The fraction of sp³-hybridized carbons (Fsp3) is 0.368. The van der Waals surface area contributed by atoms with Crippen LogP contribution in [0.3, 0.4) is 0 Å². The van der Waals surface area contributed by atoms with Gasteiger partial charge < -0.3 is 4.90 Å². The van der Waals surface area contributed by atoms with E-state index >= 15 is 0 Å². The van der Waals surface area contributed by atoms with Gasteiger partial charge in [0, 0.05) is 16.6 Å². The number of thioether (sulfide) groups is 1. The van der Waals surface area contributed by atoms with Crippen LogP contribution in [-0.2, 0) is 5.75 Å². The van der Waals surface area contributed by atoms with Gasteiger partial charge in [0.05, 0.1) is 0 Å². The van der Waals surface area contributed by atoms with Crippen LogP contribution in [0.1, 0.15) is 35.4 Å². The molecule has 2 aromatic rings. The topological polar surface area (TPSA) is 3.24 Å². The van der Waals surface area contributed by atoms with Gasteiger partial charge in [0.2, 0.25) is 0 Å². The predicted molar refractivity (Wildman–Crippen MR) is 92.1 cm³/mol. The summed E-state index contributed by atoms with van der Waals surface area (Å²) in [6, 6.07) is 18.0. The molecule has 0 saturated heterocycles. The van der Waals surface area contributed by atoms with Crippen LogP contribution in [0.15, 0.2) is 53.4 Å². The van der Waals surface area contributed by atoms with E-state index < -0.39 is 0 Å². The standard InChI is InChI=1S/C19H23NS/c1-20(2)13-7-11-17-16-9-4-3-8-15(16)14-21-19-12-6-5-10-18(17)19/h3-6,8-10,12,17H,7,11,13-14H2,1-2H3/t17-/m0/s1. The molecule has 0 saturated carbocycles. The third kappa shape index (κ3) is 3.33. The Balaban J connectivity index is 1.95. The number of rotatable bonds is 4. The normalized spacial score (nSPS) is 17.2. The molecule has 0 bridgehead atoms. The van der Waals surface area contributed by atoms with Crippen LogP contribution >= 0.6 is 11.8 Å². The van der Waals surface area contributed by atoms with Crippen molar-refractivity contribution in [2.24, 2.45) is 0 Å². The average Bonchev–Trinajstić information content (AvgIpc) is 2.65. The zero-order valence-electron chi connectivity index (χ0n) is 12.9. The molecule has 1 aliphatic rings. The molecule has 0 aromatic heterocycles. The minimum absolute atomic E-state index is 0.548. The molecule has 110 valence electrons. The summed E-state index contributed by atoms with van der Waals surface area (Å²) in [7, 11) is 4.32. The van der Waals surface area contributed by atoms with Crippen molar-refractivity contribution in [1.29, 1.82) is 0 Å². The molecule has 1 nitrogen and oxygen atoms in total. The quantitative estimate of drug-likeness (QED) is 0.800. The van der Waals surface area contributed by atoms with E-state index in [9.17, 15) is 0 Å². The monoisotopic (exact) mass is 297 g/mol. The lowest BCUT2D eigenvalue weighted by Gasteiger charge is -2.21. The van der Waals surface area contributed by atoms with Crippen molar-refractivity contribution in [3.63, 3.8) is 0 Å². The van der Waals surface area contributed by atoms with Crippen LogP contribution in [0.4, 0.5) is 0 Å². The van der Waals surface area contributed by atoms with E-state index in [1.165, 1.54) is 34.4 Å². The van der Waals surface area contributed by atoms with Crippen molar-refractivity contribution in [1.82, 2.24) is 4.90 Å². The van der Waals surface area contributed by atoms with Gasteiger partial charge in [-0.15, -0.1) is 11.8 Å². The molecule has 0 spiro atoms. The number of fused-ring (bicyclic) bond motifs is 2. The Morgan fingerprint density at radius 3 is 2.52 bits per heavy atom. The van der Waals surface area contributed by atoms with Gasteiger partial charge in [0.25, 0.3) is 0 Å². The van der Waals surface area contributed by atoms with Gasteiger partial charge in [-0.2, -0.15) is 0 Å². The lowest BCUT2D eigenvalue weighted by molar-refractivity contribution is 0.389. The number of nitrogens with zero attached hydrogens (tertiary/aromatic N) is 1. The molecule has 0 N–H and O–H groups in total. The number of hydrogen-bond acceptors (Lipinski definition) is 2. The Hall–Kier alpha value is -1.25. The molecular formula is C19H23NS. The Morgan fingerprint density at radius 2 is 1.71 bits per heavy atom. The molecule has 0 unspecified atom stereocenters. The summed E-state index contributed by atoms with van der Waals surface area (Å²) in [4.78, 5) is 3.74. The number of benzene rings is 2. The van der Waals surface area contributed by atoms with E-state index in [2.05, 4.69) is 67.5 Å². The highest BCUT2D eigenvalue weighted by molar-refractivity contribution is 7.98. The molecule has 0 radical (unpaired) electrons. The maximum Gasteiger partial charge on any atom is 0.0235 e. The molecule has 1 heterocycles. The fourth-order valence-electron chi connectivity index (χ4n) is 3.15. The SMILES string of the molecule is CN(C)CCC[C@H]1c2ccccc2CSc2ccccc21. The Kier molecular flexibility index (Phi) is 4.67. The predicted octanol–water partition coefficient (Wildman–Crippen LogP) is 4.77. The van der Waals surface area contributed by atoms with Crippen molar-refractivity contribution in [3.05, 3.63) is 65.2 Å². The van der Waals surface area contributed by atoms with Crippen molar-refractivity contribution < 1.29 is 0 Å². The van der Waals surface area contributed by atoms with E-state index in [1.54, 1.807) is 0 Å². The summed E-state index contributed by atoms with van der Waals surface area (Å²) in [6.07, 6.45) is 2.47. The summed E-state index contributed by atoms with van der Waals surface area (Å²) < 4.78 is 0. The van der Waals surface area contributed by atoms with E-state index in [1.807, 2.05) is 11.8 Å². The average molecular weight is 297 g/mol. The fourth-order valence-corrected chi connectivity index (χ4v) is 4.28. The summed E-state index contributed by atoms with van der Waals surface area (Å²) in [5.41, 5.74) is 4.56. The molecule has 1 aliphatic heterocycles. The largest absolute Gasteiger partial charge is 0.309 e. The van der Waals surface area contributed by atoms with Crippen LogP contribution in [0.2, 0.25) is 0 Å². The third-order valence-corrected chi connectivity index (χ3v) is 5.34. The van der Waals surface area contributed by atoms with E-state index in [4.69, 9.17) is 0 Å². The van der Waals surface area contributed by atoms with E-state index in [-0.39, 0.29) is 0 Å². The highest BCUT2D eigenvalue weighted by atomic mass is 32.2. The summed E-state index contributed by atoms with van der Waals surface area (Å²) in [5, 5.41) is 0. The first-order valence-electron chi connectivity index (χ1n) is 7.70. The van der Waals surface area contributed by atoms with Gasteiger partial charge in [0.15, 0.2) is 0 Å². The van der Waals surface area contributed by atoms with Crippen LogP contribution in [-0.4, -0.2) is 25.5 Å². The number of hydrogen-bond donors (Lipinski definition) is 0. The first-order chi connectivity index (χ1) is 10.3. The van der Waals surface area contributed by atoms with Crippen LogP contribution < -0.4 is 0 Å². The molecule has 3 rings (SSSR count). The molecule has 0 fully saturated rings. The molecule has 21 heavy (non-hydrogen) atoms. The van der Waals surface area contributed by atoms with Crippen LogP contribution in [0.25, 0.3) is 0 Å². The molecule has 2 heteroatoms. The molecule has 2 aromatic carbocycles. The van der Waals surface area contributed by atoms with Crippen molar-refractivity contribution in [2.75, 3.05) is 20.6 Å². The van der Waals surface area contributed by atoms with Gasteiger partial charge >= 0.3 is 0 Å². The Bertz CT molecular complexity index is 559. The summed E-state index contributed by atoms with van der Waals surface area (Å²) >= 11 is 1.99. The van der Waals surface area contributed by atoms with Crippen LogP contribution in [0.5, 0.6) is 0 Å². The highest BCUT2D eigenvalue weighted by Crippen LogP contribution is 2.42. The second kappa shape index (κ2) is 6.67. The zero-order chi connectivity index (χ0) is 14.7. The zero-order valence-corrected chi connectivity index (χ0v) is 13.7. The lowest BCUT2D eigenvalue weighted by atomic mass is 9.85. The molecular weight excluding hydrogens is 274 g/mol. The minimum atomic E-state index is 0.548. The third-order valence-electron chi connectivity index (χ3n) is 4.21. The molecule has 0 aliphatic carbocycles. The second-order valence-electron chi connectivity index (χ2n) is 6.02. The van der Waals surface area contributed by atoms with E-state index in [0.29, 0.717) is 5.92 Å². The molecule has 1 atom stereocenters. The summed E-state index contributed by atoms with van der Waals surface area (Å²) in [5.74, 6) is 1.64. The second-order valence-corrected chi connectivity index (χ2v) is 7.04. The van der Waals surface area contributed by atoms with Crippen molar-refractivity contribution in [3.8, 4) is 0 Å². The Morgan fingerprint density at radius 1 is 1.00 bits per heavy atom. The first kappa shape index (κ1) is 14.7. The van der Waals surface area contributed by atoms with Gasteiger partial charge in [-0.3, -0.25) is 0 Å².